The van der Waals surface area contributed by atoms with E-state index in [1.807, 2.05) is 11.8 Å². The molecular weight excluding hydrogens is 280 g/mol. The molecular formula is C12H18N4O3S. The van der Waals surface area contributed by atoms with Crippen molar-refractivity contribution in [2.24, 2.45) is 5.92 Å². The van der Waals surface area contributed by atoms with Crippen LogP contribution >= 0.6 is 11.8 Å². The third kappa shape index (κ3) is 4.44. The highest BCUT2D eigenvalue weighted by atomic mass is 32.2. The van der Waals surface area contributed by atoms with Crippen LogP contribution in [0.15, 0.2) is 12.5 Å². The van der Waals surface area contributed by atoms with E-state index in [0.29, 0.717) is 18.2 Å². The summed E-state index contributed by atoms with van der Waals surface area (Å²) < 4.78 is 0. The van der Waals surface area contributed by atoms with Gasteiger partial charge in [0.05, 0.1) is 6.33 Å². The Morgan fingerprint density at radius 3 is 3.05 bits per heavy atom. The number of urea groups is 1. The fraction of sp³-hybridized carbons (Fsp3) is 0.583. The van der Waals surface area contributed by atoms with Crippen molar-refractivity contribution in [1.82, 2.24) is 20.6 Å². The van der Waals surface area contributed by atoms with Gasteiger partial charge in [0, 0.05) is 24.9 Å². The van der Waals surface area contributed by atoms with Crippen LogP contribution in [0.1, 0.15) is 12.1 Å². The number of imidazole rings is 1. The third-order valence-electron chi connectivity index (χ3n) is 3.16. The first-order valence-corrected chi connectivity index (χ1v) is 7.63. The molecule has 2 heterocycles. The minimum Gasteiger partial charge on any atom is -0.480 e. The van der Waals surface area contributed by atoms with Gasteiger partial charge in [-0.15, -0.1) is 0 Å². The Labute approximate surface area is 120 Å². The lowest BCUT2D eigenvalue weighted by molar-refractivity contribution is -0.139. The van der Waals surface area contributed by atoms with E-state index in [1.165, 1.54) is 6.33 Å². The Morgan fingerprint density at radius 2 is 2.45 bits per heavy atom. The number of carboxylic acid groups (broad SMARTS) is 1. The summed E-state index contributed by atoms with van der Waals surface area (Å²) >= 11 is 1.88. The van der Waals surface area contributed by atoms with Crippen LogP contribution in [-0.2, 0) is 11.2 Å². The van der Waals surface area contributed by atoms with Crippen molar-refractivity contribution in [2.75, 3.05) is 18.1 Å². The maximum absolute atomic E-state index is 11.7. The highest BCUT2D eigenvalue weighted by molar-refractivity contribution is 7.99. The molecule has 1 aromatic heterocycles. The van der Waals surface area contributed by atoms with E-state index in [0.717, 1.165) is 17.9 Å². The second-order valence-electron chi connectivity index (χ2n) is 4.76. The molecule has 1 saturated heterocycles. The van der Waals surface area contributed by atoms with Crippen molar-refractivity contribution in [1.29, 1.82) is 0 Å². The molecule has 1 aliphatic heterocycles. The average Bonchev–Trinajstić information content (AvgIpc) is 3.08. The molecule has 1 aromatic rings. The number of nitrogens with zero attached hydrogens (tertiary/aromatic N) is 1. The number of hydrogen-bond donors (Lipinski definition) is 4. The Kier molecular flexibility index (Phi) is 5.28. The quantitative estimate of drug-likeness (QED) is 0.610. The highest BCUT2D eigenvalue weighted by Gasteiger charge is 2.22. The molecule has 4 N–H and O–H groups in total. The maximum Gasteiger partial charge on any atom is 0.326 e. The number of carbonyl (C=O) groups excluding carboxylic acids is 1. The van der Waals surface area contributed by atoms with Gasteiger partial charge in [0.25, 0.3) is 0 Å². The van der Waals surface area contributed by atoms with E-state index in [9.17, 15) is 9.59 Å². The molecule has 0 aromatic carbocycles. The SMILES string of the molecule is O=C(NCC1CCSC1)NC(Cc1cnc[nH]1)C(=O)O. The minimum absolute atomic E-state index is 0.183. The van der Waals surface area contributed by atoms with Gasteiger partial charge >= 0.3 is 12.0 Å². The van der Waals surface area contributed by atoms with Crippen molar-refractivity contribution in [2.45, 2.75) is 18.9 Å². The Balaban J connectivity index is 1.78. The van der Waals surface area contributed by atoms with Crippen LogP contribution in [-0.4, -0.2) is 51.2 Å². The summed E-state index contributed by atoms with van der Waals surface area (Å²) in [5.41, 5.74) is 0.671. The number of rotatable bonds is 6. The van der Waals surface area contributed by atoms with E-state index in [-0.39, 0.29) is 6.42 Å². The Bertz CT molecular complexity index is 446. The molecule has 2 unspecified atom stereocenters. The number of H-pyrrole nitrogens is 1. The normalized spacial score (nSPS) is 19.5. The number of aromatic amines is 1. The first-order valence-electron chi connectivity index (χ1n) is 6.47. The first kappa shape index (κ1) is 14.7. The molecule has 0 spiro atoms. The average molecular weight is 298 g/mol. The van der Waals surface area contributed by atoms with Gasteiger partial charge in [-0.3, -0.25) is 0 Å². The Hall–Kier alpha value is -1.70. The molecule has 1 fully saturated rings. The molecule has 0 radical (unpaired) electrons. The predicted molar refractivity (Wildman–Crippen MR) is 75.7 cm³/mol. The van der Waals surface area contributed by atoms with Gasteiger partial charge in [-0.2, -0.15) is 11.8 Å². The van der Waals surface area contributed by atoms with Gasteiger partial charge in [0.2, 0.25) is 0 Å². The van der Waals surface area contributed by atoms with Crippen LogP contribution in [0.25, 0.3) is 0 Å². The molecule has 2 atom stereocenters. The second-order valence-corrected chi connectivity index (χ2v) is 5.91. The van der Waals surface area contributed by atoms with E-state index < -0.39 is 18.0 Å². The molecule has 110 valence electrons. The van der Waals surface area contributed by atoms with Gasteiger partial charge in [0.15, 0.2) is 0 Å². The summed E-state index contributed by atoms with van der Waals surface area (Å²) in [7, 11) is 0. The van der Waals surface area contributed by atoms with Crippen molar-refractivity contribution < 1.29 is 14.7 Å². The minimum atomic E-state index is -1.06. The summed E-state index contributed by atoms with van der Waals surface area (Å²) in [6, 6.07) is -1.40. The molecule has 0 bridgehead atoms. The van der Waals surface area contributed by atoms with Gasteiger partial charge in [0.1, 0.15) is 6.04 Å². The number of thioether (sulfide) groups is 1. The standard InChI is InChI=1S/C12H18N4O3S/c17-11(18)10(3-9-5-13-7-15-9)16-12(19)14-4-8-1-2-20-6-8/h5,7-8,10H,1-4,6H2,(H,13,15)(H,17,18)(H2,14,16,19). The molecule has 0 saturated carbocycles. The van der Waals surface area contributed by atoms with Crippen LogP contribution in [0.4, 0.5) is 4.79 Å². The zero-order chi connectivity index (χ0) is 14.4. The molecule has 2 amide bonds. The van der Waals surface area contributed by atoms with Crippen LogP contribution in [0.2, 0.25) is 0 Å². The van der Waals surface area contributed by atoms with Crippen molar-refractivity contribution in [3.05, 3.63) is 18.2 Å². The van der Waals surface area contributed by atoms with Gasteiger partial charge < -0.3 is 20.7 Å². The van der Waals surface area contributed by atoms with Crippen LogP contribution in [0.3, 0.4) is 0 Å². The number of nitrogens with one attached hydrogen (secondary N) is 3. The number of amides is 2. The second kappa shape index (κ2) is 7.18. The largest absolute Gasteiger partial charge is 0.480 e. The first-order chi connectivity index (χ1) is 9.65. The molecule has 20 heavy (non-hydrogen) atoms. The van der Waals surface area contributed by atoms with Crippen molar-refractivity contribution >= 4 is 23.8 Å². The summed E-state index contributed by atoms with van der Waals surface area (Å²) in [6.45, 7) is 0.592. The fourth-order valence-electron chi connectivity index (χ4n) is 2.01. The zero-order valence-electron chi connectivity index (χ0n) is 11.0. The predicted octanol–water partition coefficient (Wildman–Crippen LogP) is 0.458. The summed E-state index contributed by atoms with van der Waals surface area (Å²) in [6.07, 6.45) is 4.31. The lowest BCUT2D eigenvalue weighted by atomic mass is 10.1. The van der Waals surface area contributed by atoms with E-state index in [2.05, 4.69) is 20.6 Å². The summed E-state index contributed by atoms with van der Waals surface area (Å²) in [5, 5.41) is 14.3. The number of carboxylic acids is 1. The molecule has 1 aliphatic rings. The zero-order valence-corrected chi connectivity index (χ0v) is 11.8. The summed E-state index contributed by atoms with van der Waals surface area (Å²) in [5.74, 6) is 1.61. The molecule has 0 aliphatic carbocycles. The molecule has 7 nitrogen and oxygen atoms in total. The fourth-order valence-corrected chi connectivity index (χ4v) is 3.29. The number of aliphatic carboxylic acids is 1. The van der Waals surface area contributed by atoms with Crippen LogP contribution in [0.5, 0.6) is 0 Å². The topological polar surface area (TPSA) is 107 Å². The number of hydrogen-bond acceptors (Lipinski definition) is 4. The molecule has 8 heteroatoms. The van der Waals surface area contributed by atoms with Gasteiger partial charge in [-0.05, 0) is 23.8 Å². The lowest BCUT2D eigenvalue weighted by Crippen LogP contribution is -2.48. The van der Waals surface area contributed by atoms with Crippen LogP contribution in [0, 0.1) is 5.92 Å². The number of carbonyl (C=O) groups is 2. The maximum atomic E-state index is 11.7. The van der Waals surface area contributed by atoms with E-state index in [1.54, 1.807) is 6.20 Å². The van der Waals surface area contributed by atoms with Crippen molar-refractivity contribution in [3.8, 4) is 0 Å². The van der Waals surface area contributed by atoms with Crippen LogP contribution < -0.4 is 10.6 Å². The number of aromatic nitrogens is 2. The monoisotopic (exact) mass is 298 g/mol. The van der Waals surface area contributed by atoms with Crippen molar-refractivity contribution in [3.63, 3.8) is 0 Å². The smallest absolute Gasteiger partial charge is 0.326 e. The van der Waals surface area contributed by atoms with E-state index in [4.69, 9.17) is 5.11 Å². The van der Waals surface area contributed by atoms with Gasteiger partial charge in [-0.25, -0.2) is 14.6 Å². The Morgan fingerprint density at radius 1 is 1.60 bits per heavy atom. The highest BCUT2D eigenvalue weighted by Crippen LogP contribution is 2.22. The molecule has 2 rings (SSSR count). The van der Waals surface area contributed by atoms with E-state index >= 15 is 0 Å². The lowest BCUT2D eigenvalue weighted by Gasteiger charge is -2.16. The third-order valence-corrected chi connectivity index (χ3v) is 4.39. The van der Waals surface area contributed by atoms with Gasteiger partial charge in [-0.1, -0.05) is 0 Å². The summed E-state index contributed by atoms with van der Waals surface area (Å²) in [4.78, 5) is 29.5.